The molecule has 96 valence electrons. The molecular weight excluding hydrogens is 374 g/mol. The summed E-state index contributed by atoms with van der Waals surface area (Å²) in [6.07, 6.45) is 1.09. The van der Waals surface area contributed by atoms with Gasteiger partial charge in [0.05, 0.1) is 3.79 Å². The van der Waals surface area contributed by atoms with Crippen LogP contribution in [0.1, 0.15) is 16.0 Å². The smallest absolute Gasteiger partial charge is 0.0701 e. The van der Waals surface area contributed by atoms with Crippen molar-refractivity contribution in [1.82, 2.24) is 5.32 Å². The van der Waals surface area contributed by atoms with Crippen molar-refractivity contribution < 1.29 is 0 Å². The minimum atomic E-state index is 0.922. The summed E-state index contributed by atoms with van der Waals surface area (Å²) in [4.78, 5) is 1.42. The van der Waals surface area contributed by atoms with Crippen LogP contribution in [0.5, 0.6) is 0 Å². The lowest BCUT2D eigenvalue weighted by Crippen LogP contribution is -2.16. The van der Waals surface area contributed by atoms with E-state index in [0.717, 1.165) is 19.5 Å². The van der Waals surface area contributed by atoms with Crippen LogP contribution < -0.4 is 5.32 Å². The zero-order valence-electron chi connectivity index (χ0n) is 10.2. The Morgan fingerprint density at radius 1 is 1.17 bits per heavy atom. The van der Waals surface area contributed by atoms with Gasteiger partial charge in [-0.15, -0.1) is 11.3 Å². The second kappa shape index (κ2) is 6.85. The highest BCUT2D eigenvalue weighted by atomic mass is 79.9. The molecule has 0 aliphatic rings. The first-order valence-electron chi connectivity index (χ1n) is 5.85. The Hall–Kier alpha value is -0.160. The molecule has 0 radical (unpaired) electrons. The number of halogens is 2. The Morgan fingerprint density at radius 2 is 2.00 bits per heavy atom. The van der Waals surface area contributed by atoms with Crippen molar-refractivity contribution in [3.8, 4) is 0 Å². The van der Waals surface area contributed by atoms with Crippen LogP contribution in [-0.4, -0.2) is 6.54 Å². The summed E-state index contributed by atoms with van der Waals surface area (Å²) in [7, 11) is 0. The van der Waals surface area contributed by atoms with Gasteiger partial charge >= 0.3 is 0 Å². The first-order valence-corrected chi connectivity index (χ1v) is 8.25. The number of nitrogens with one attached hydrogen (secondary N) is 1. The van der Waals surface area contributed by atoms with E-state index in [1.54, 1.807) is 0 Å². The van der Waals surface area contributed by atoms with Gasteiger partial charge in [-0.1, -0.05) is 28.1 Å². The highest BCUT2D eigenvalue weighted by Crippen LogP contribution is 2.22. The number of aryl methyl sites for hydroxylation is 1. The molecule has 18 heavy (non-hydrogen) atoms. The molecule has 0 bridgehead atoms. The number of hydrogen-bond donors (Lipinski definition) is 1. The number of hydrogen-bond acceptors (Lipinski definition) is 2. The molecule has 0 aliphatic carbocycles. The van der Waals surface area contributed by atoms with Gasteiger partial charge in [-0.05, 0) is 58.6 Å². The highest BCUT2D eigenvalue weighted by Gasteiger charge is 1.99. The van der Waals surface area contributed by atoms with Gasteiger partial charge in [0.2, 0.25) is 0 Å². The van der Waals surface area contributed by atoms with Crippen LogP contribution in [-0.2, 0) is 13.0 Å². The van der Waals surface area contributed by atoms with Gasteiger partial charge in [-0.3, -0.25) is 0 Å². The molecule has 0 spiro atoms. The molecule has 0 saturated carbocycles. The molecule has 1 heterocycles. The molecule has 1 nitrogen and oxygen atoms in total. The third-order valence-corrected chi connectivity index (χ3v) is 5.28. The third kappa shape index (κ3) is 4.19. The Labute approximate surface area is 129 Å². The van der Waals surface area contributed by atoms with Gasteiger partial charge in [-0.2, -0.15) is 0 Å². The summed E-state index contributed by atoms with van der Waals surface area (Å²) >= 11 is 8.86. The quantitative estimate of drug-likeness (QED) is 0.717. The van der Waals surface area contributed by atoms with Crippen molar-refractivity contribution in [3.05, 3.63) is 54.6 Å². The molecule has 0 atom stereocenters. The molecule has 0 fully saturated rings. The highest BCUT2D eigenvalue weighted by molar-refractivity contribution is 9.11. The Bertz CT molecular complexity index is 522. The lowest BCUT2D eigenvalue weighted by Gasteiger charge is -2.06. The largest absolute Gasteiger partial charge is 0.312 e. The standard InChI is InChI=1S/C14H15Br2NS/c1-10-2-3-11(8-13(10)15)9-17-7-6-12-4-5-14(16)18-12/h2-5,8,17H,6-7,9H2,1H3. The Morgan fingerprint density at radius 3 is 2.67 bits per heavy atom. The van der Waals surface area contributed by atoms with E-state index in [9.17, 15) is 0 Å². The topological polar surface area (TPSA) is 12.0 Å². The van der Waals surface area contributed by atoms with Gasteiger partial charge < -0.3 is 5.32 Å². The van der Waals surface area contributed by atoms with E-state index >= 15 is 0 Å². The minimum Gasteiger partial charge on any atom is -0.312 e. The van der Waals surface area contributed by atoms with Crippen LogP contribution in [0.3, 0.4) is 0 Å². The SMILES string of the molecule is Cc1ccc(CNCCc2ccc(Br)s2)cc1Br. The predicted molar refractivity (Wildman–Crippen MR) is 86.3 cm³/mol. The normalized spacial score (nSPS) is 10.8. The van der Waals surface area contributed by atoms with Gasteiger partial charge in [0.25, 0.3) is 0 Å². The predicted octanol–water partition coefficient (Wildman–Crippen LogP) is 4.91. The van der Waals surface area contributed by atoms with Gasteiger partial charge in [0.1, 0.15) is 0 Å². The Balaban J connectivity index is 1.76. The van der Waals surface area contributed by atoms with E-state index in [-0.39, 0.29) is 0 Å². The first kappa shape index (κ1) is 14.3. The zero-order valence-corrected chi connectivity index (χ0v) is 14.2. The summed E-state index contributed by atoms with van der Waals surface area (Å²) in [5.41, 5.74) is 2.60. The van der Waals surface area contributed by atoms with Crippen LogP contribution in [0.4, 0.5) is 0 Å². The third-order valence-electron chi connectivity index (χ3n) is 2.74. The molecule has 1 aromatic heterocycles. The van der Waals surface area contributed by atoms with E-state index < -0.39 is 0 Å². The summed E-state index contributed by atoms with van der Waals surface area (Å²) in [6.45, 7) is 4.04. The van der Waals surface area contributed by atoms with Crippen molar-refractivity contribution in [1.29, 1.82) is 0 Å². The number of benzene rings is 1. The van der Waals surface area contributed by atoms with E-state index in [0.29, 0.717) is 0 Å². The maximum absolute atomic E-state index is 3.56. The molecule has 0 amide bonds. The molecule has 0 saturated heterocycles. The zero-order chi connectivity index (χ0) is 13.0. The van der Waals surface area contributed by atoms with Crippen molar-refractivity contribution in [2.45, 2.75) is 19.9 Å². The van der Waals surface area contributed by atoms with E-state index in [4.69, 9.17) is 0 Å². The molecule has 1 aromatic carbocycles. The molecule has 1 N–H and O–H groups in total. The van der Waals surface area contributed by atoms with E-state index in [1.807, 2.05) is 11.3 Å². The van der Waals surface area contributed by atoms with Crippen LogP contribution in [0.15, 0.2) is 38.6 Å². The minimum absolute atomic E-state index is 0.922. The van der Waals surface area contributed by atoms with Gasteiger partial charge in [-0.25, -0.2) is 0 Å². The molecular formula is C14H15Br2NS. The van der Waals surface area contributed by atoms with Crippen LogP contribution in [0.25, 0.3) is 0 Å². The van der Waals surface area contributed by atoms with Crippen molar-refractivity contribution in [2.24, 2.45) is 0 Å². The number of rotatable bonds is 5. The summed E-state index contributed by atoms with van der Waals surface area (Å²) in [5, 5.41) is 3.48. The van der Waals surface area contributed by atoms with Crippen LogP contribution in [0.2, 0.25) is 0 Å². The van der Waals surface area contributed by atoms with E-state index in [1.165, 1.54) is 24.3 Å². The fraction of sp³-hybridized carbons (Fsp3) is 0.286. The molecule has 4 heteroatoms. The monoisotopic (exact) mass is 387 g/mol. The lowest BCUT2D eigenvalue weighted by atomic mass is 10.1. The maximum atomic E-state index is 3.56. The summed E-state index contributed by atoms with van der Waals surface area (Å²) in [5.74, 6) is 0. The van der Waals surface area contributed by atoms with Crippen molar-refractivity contribution >= 4 is 43.2 Å². The molecule has 0 aliphatic heterocycles. The first-order chi connectivity index (χ1) is 8.65. The van der Waals surface area contributed by atoms with Gasteiger partial charge in [0.15, 0.2) is 0 Å². The molecule has 0 unspecified atom stereocenters. The van der Waals surface area contributed by atoms with Crippen LogP contribution >= 0.6 is 43.2 Å². The molecule has 2 rings (SSSR count). The maximum Gasteiger partial charge on any atom is 0.0701 e. The second-order valence-corrected chi connectivity index (χ2v) is 7.62. The summed E-state index contributed by atoms with van der Waals surface area (Å²) < 4.78 is 2.39. The van der Waals surface area contributed by atoms with Crippen molar-refractivity contribution in [3.63, 3.8) is 0 Å². The van der Waals surface area contributed by atoms with E-state index in [2.05, 4.69) is 74.4 Å². The Kier molecular flexibility index (Phi) is 5.42. The van der Waals surface area contributed by atoms with Gasteiger partial charge in [0, 0.05) is 22.4 Å². The lowest BCUT2D eigenvalue weighted by molar-refractivity contribution is 0.690. The fourth-order valence-corrected chi connectivity index (χ4v) is 3.59. The van der Waals surface area contributed by atoms with Crippen LogP contribution in [0, 0.1) is 6.92 Å². The van der Waals surface area contributed by atoms with Crippen molar-refractivity contribution in [2.75, 3.05) is 6.54 Å². The summed E-state index contributed by atoms with van der Waals surface area (Å²) in [6, 6.07) is 10.8. The number of thiophene rings is 1. The average molecular weight is 389 g/mol. The fourth-order valence-electron chi connectivity index (χ4n) is 1.68. The second-order valence-electron chi connectivity index (χ2n) is 4.22. The molecule has 2 aromatic rings. The average Bonchev–Trinajstić information content (AvgIpc) is 2.75.